The molecule has 0 fully saturated rings. The molecular formula is C12H8Cl4N2. The molecule has 0 spiro atoms. The summed E-state index contributed by atoms with van der Waals surface area (Å²) in [6, 6.07) is 5.05. The van der Waals surface area contributed by atoms with Crippen LogP contribution in [0.25, 0.3) is 11.4 Å². The van der Waals surface area contributed by atoms with Crippen molar-refractivity contribution in [3.05, 3.63) is 44.1 Å². The van der Waals surface area contributed by atoms with Crippen LogP contribution in [-0.4, -0.2) is 9.97 Å². The summed E-state index contributed by atoms with van der Waals surface area (Å²) >= 11 is 24.0. The maximum Gasteiger partial charge on any atom is 0.162 e. The molecule has 6 heteroatoms. The second-order valence-electron chi connectivity index (χ2n) is 3.62. The number of nitrogens with zero attached hydrogens (tertiary/aromatic N) is 2. The molecule has 2 aromatic rings. The molecule has 2 rings (SSSR count). The van der Waals surface area contributed by atoms with Crippen LogP contribution in [0.2, 0.25) is 20.4 Å². The Morgan fingerprint density at radius 3 is 1.83 bits per heavy atom. The minimum atomic E-state index is 0.351. The summed E-state index contributed by atoms with van der Waals surface area (Å²) < 4.78 is 0. The van der Waals surface area contributed by atoms with Crippen molar-refractivity contribution in [1.29, 1.82) is 0 Å². The van der Waals surface area contributed by atoms with E-state index in [1.165, 1.54) is 0 Å². The fourth-order valence-electron chi connectivity index (χ4n) is 1.53. The largest absolute Gasteiger partial charge is 0.216 e. The third-order valence-electron chi connectivity index (χ3n) is 2.38. The highest BCUT2D eigenvalue weighted by molar-refractivity contribution is 6.35. The third kappa shape index (κ3) is 2.89. The van der Waals surface area contributed by atoms with E-state index in [0.29, 0.717) is 38.2 Å². The quantitative estimate of drug-likeness (QED) is 0.699. The smallest absolute Gasteiger partial charge is 0.162 e. The number of hydrogen-bond acceptors (Lipinski definition) is 2. The van der Waals surface area contributed by atoms with Crippen molar-refractivity contribution in [3.8, 4) is 11.4 Å². The Morgan fingerprint density at radius 1 is 0.889 bits per heavy atom. The predicted octanol–water partition coefficient (Wildman–Crippen LogP) is 5.32. The van der Waals surface area contributed by atoms with Gasteiger partial charge < -0.3 is 0 Å². The molecule has 0 saturated carbocycles. The minimum Gasteiger partial charge on any atom is -0.216 e. The third-order valence-corrected chi connectivity index (χ3v) is 3.44. The van der Waals surface area contributed by atoms with E-state index >= 15 is 0 Å². The first-order valence-corrected chi connectivity index (χ1v) is 6.70. The fraction of sp³-hybridized carbons (Fsp3) is 0.167. The van der Waals surface area contributed by atoms with Gasteiger partial charge in [0, 0.05) is 21.2 Å². The second kappa shape index (κ2) is 5.62. The van der Waals surface area contributed by atoms with Gasteiger partial charge in [0.15, 0.2) is 5.82 Å². The van der Waals surface area contributed by atoms with Crippen molar-refractivity contribution in [3.63, 3.8) is 0 Å². The predicted molar refractivity (Wildman–Crippen MR) is 76.9 cm³/mol. The minimum absolute atomic E-state index is 0.351. The Kier molecular flexibility index (Phi) is 4.33. The van der Waals surface area contributed by atoms with Crippen LogP contribution in [0.5, 0.6) is 0 Å². The van der Waals surface area contributed by atoms with Crippen LogP contribution in [0.3, 0.4) is 0 Å². The van der Waals surface area contributed by atoms with Crippen molar-refractivity contribution in [2.75, 3.05) is 0 Å². The summed E-state index contributed by atoms with van der Waals surface area (Å²) in [5.41, 5.74) is 1.41. The zero-order chi connectivity index (χ0) is 13.3. The molecule has 1 aromatic carbocycles. The number of benzene rings is 1. The van der Waals surface area contributed by atoms with Crippen molar-refractivity contribution >= 4 is 46.4 Å². The molecule has 1 heterocycles. The number of rotatable bonds is 2. The molecule has 0 radical (unpaired) electrons. The van der Waals surface area contributed by atoms with E-state index in [4.69, 9.17) is 46.4 Å². The maximum atomic E-state index is 6.06. The van der Waals surface area contributed by atoms with E-state index in [1.807, 2.05) is 6.92 Å². The summed E-state index contributed by atoms with van der Waals surface area (Å²) in [6.45, 7) is 1.94. The van der Waals surface area contributed by atoms with E-state index in [2.05, 4.69) is 9.97 Å². The van der Waals surface area contributed by atoms with Crippen LogP contribution in [0.1, 0.15) is 12.5 Å². The SMILES string of the molecule is CCc1c(Cl)nc(-c2cc(Cl)cc(Cl)c2)nc1Cl. The summed E-state index contributed by atoms with van der Waals surface area (Å²) in [6.07, 6.45) is 0.675. The van der Waals surface area contributed by atoms with Gasteiger partial charge in [0.1, 0.15) is 10.3 Å². The van der Waals surface area contributed by atoms with Crippen LogP contribution in [0, 0.1) is 0 Å². The van der Waals surface area contributed by atoms with Crippen LogP contribution < -0.4 is 0 Å². The van der Waals surface area contributed by atoms with Gasteiger partial charge in [0.2, 0.25) is 0 Å². The lowest BCUT2D eigenvalue weighted by molar-refractivity contribution is 1.05. The monoisotopic (exact) mass is 320 g/mol. The summed E-state index contributed by atoms with van der Waals surface area (Å²) in [4.78, 5) is 8.42. The average molecular weight is 322 g/mol. The van der Waals surface area contributed by atoms with Gasteiger partial charge in [-0.15, -0.1) is 0 Å². The van der Waals surface area contributed by atoms with Crippen LogP contribution in [-0.2, 0) is 6.42 Å². The Bertz CT molecular complexity index is 555. The van der Waals surface area contributed by atoms with Gasteiger partial charge in [-0.2, -0.15) is 0 Å². The Hall–Kier alpha value is -0.540. The summed E-state index contributed by atoms with van der Waals surface area (Å²) in [7, 11) is 0. The zero-order valence-electron chi connectivity index (χ0n) is 9.35. The average Bonchev–Trinajstić information content (AvgIpc) is 2.27. The first kappa shape index (κ1) is 13.9. The lowest BCUT2D eigenvalue weighted by Gasteiger charge is -2.07. The number of aromatic nitrogens is 2. The van der Waals surface area contributed by atoms with Crippen molar-refractivity contribution in [2.24, 2.45) is 0 Å². The van der Waals surface area contributed by atoms with Gasteiger partial charge in [-0.25, -0.2) is 9.97 Å². The summed E-state index contributed by atoms with van der Waals surface area (Å²) in [5, 5.41) is 1.72. The first-order valence-electron chi connectivity index (χ1n) is 5.19. The summed E-state index contributed by atoms with van der Waals surface area (Å²) in [5.74, 6) is 0.409. The van der Waals surface area contributed by atoms with Crippen molar-refractivity contribution in [2.45, 2.75) is 13.3 Å². The lowest BCUT2D eigenvalue weighted by Crippen LogP contribution is -1.96. The lowest BCUT2D eigenvalue weighted by atomic mass is 10.2. The molecule has 0 bridgehead atoms. The molecule has 0 unspecified atom stereocenters. The molecular weight excluding hydrogens is 314 g/mol. The van der Waals surface area contributed by atoms with Gasteiger partial charge in [0.05, 0.1) is 0 Å². The molecule has 0 N–H and O–H groups in total. The van der Waals surface area contributed by atoms with E-state index < -0.39 is 0 Å². The highest BCUT2D eigenvalue weighted by Gasteiger charge is 2.12. The van der Waals surface area contributed by atoms with Gasteiger partial charge in [-0.1, -0.05) is 53.3 Å². The van der Waals surface area contributed by atoms with Crippen molar-refractivity contribution < 1.29 is 0 Å². The Morgan fingerprint density at radius 2 is 1.39 bits per heavy atom. The van der Waals surface area contributed by atoms with Gasteiger partial charge in [-0.3, -0.25) is 0 Å². The molecule has 18 heavy (non-hydrogen) atoms. The van der Waals surface area contributed by atoms with Gasteiger partial charge in [0.25, 0.3) is 0 Å². The Balaban J connectivity index is 2.58. The van der Waals surface area contributed by atoms with E-state index in [0.717, 1.165) is 5.56 Å². The second-order valence-corrected chi connectivity index (χ2v) is 5.21. The van der Waals surface area contributed by atoms with E-state index in [-0.39, 0.29) is 0 Å². The molecule has 0 aliphatic rings. The molecule has 2 nitrogen and oxygen atoms in total. The molecule has 94 valence electrons. The van der Waals surface area contributed by atoms with Crippen LogP contribution >= 0.6 is 46.4 Å². The van der Waals surface area contributed by atoms with Gasteiger partial charge >= 0.3 is 0 Å². The molecule has 0 amide bonds. The molecule has 1 aromatic heterocycles. The highest BCUT2D eigenvalue weighted by atomic mass is 35.5. The van der Waals surface area contributed by atoms with Gasteiger partial charge in [-0.05, 0) is 24.6 Å². The zero-order valence-corrected chi connectivity index (χ0v) is 12.4. The van der Waals surface area contributed by atoms with E-state index in [9.17, 15) is 0 Å². The number of hydrogen-bond donors (Lipinski definition) is 0. The Labute approximate surface area is 125 Å². The molecule has 0 aliphatic heterocycles. The van der Waals surface area contributed by atoms with Crippen LogP contribution in [0.15, 0.2) is 18.2 Å². The standard InChI is InChI=1S/C12H8Cl4N2/c1-2-9-10(15)17-12(18-11(9)16)6-3-7(13)5-8(14)4-6/h3-5H,2H2,1H3. The van der Waals surface area contributed by atoms with Crippen LogP contribution in [0.4, 0.5) is 0 Å². The maximum absolute atomic E-state index is 6.06. The van der Waals surface area contributed by atoms with E-state index in [1.54, 1.807) is 18.2 Å². The van der Waals surface area contributed by atoms with Crippen molar-refractivity contribution in [1.82, 2.24) is 9.97 Å². The molecule has 0 saturated heterocycles. The number of halogens is 4. The topological polar surface area (TPSA) is 25.8 Å². The highest BCUT2D eigenvalue weighted by Crippen LogP contribution is 2.29. The molecule has 0 atom stereocenters. The normalized spacial score (nSPS) is 10.7. The first-order chi connectivity index (χ1) is 8.51. The molecule has 0 aliphatic carbocycles. The fourth-order valence-corrected chi connectivity index (χ4v) is 2.72.